The summed E-state index contributed by atoms with van der Waals surface area (Å²) in [5, 5.41) is 14.0. The van der Waals surface area contributed by atoms with Gasteiger partial charge in [-0.3, -0.25) is 4.68 Å². The predicted octanol–water partition coefficient (Wildman–Crippen LogP) is 1.28. The number of aliphatic hydroxyl groups excluding tert-OH is 1. The molecule has 5 nitrogen and oxygen atoms in total. The van der Waals surface area contributed by atoms with E-state index in [-0.39, 0.29) is 12.2 Å². The highest BCUT2D eigenvalue weighted by atomic mass is 16.5. The minimum absolute atomic E-state index is 0.222. The highest BCUT2D eigenvalue weighted by Crippen LogP contribution is 2.25. The Kier molecular flexibility index (Phi) is 3.93. The maximum atomic E-state index is 10.00. The number of aliphatic hydroxyl groups is 1. The van der Waals surface area contributed by atoms with Crippen LogP contribution in [-0.2, 0) is 11.8 Å². The number of hydrogen-bond donors (Lipinski definition) is 1. The Morgan fingerprint density at radius 2 is 2.12 bits per heavy atom. The second kappa shape index (κ2) is 4.84. The van der Waals surface area contributed by atoms with Crippen molar-refractivity contribution in [2.75, 3.05) is 13.7 Å². The van der Waals surface area contributed by atoms with E-state index in [0.29, 0.717) is 11.4 Å². The van der Waals surface area contributed by atoms with Crippen molar-refractivity contribution >= 4 is 0 Å². The van der Waals surface area contributed by atoms with Crippen LogP contribution < -0.4 is 4.74 Å². The molecule has 0 bridgehead atoms. The topological polar surface area (TPSA) is 56.5 Å². The number of aryl methyl sites for hydroxylation is 1. The van der Waals surface area contributed by atoms with Crippen LogP contribution in [0.1, 0.15) is 32.6 Å². The number of hydrogen-bond acceptors (Lipinski definition) is 4. The highest BCUT2D eigenvalue weighted by molar-refractivity contribution is 5.27. The number of rotatable bonds is 4. The van der Waals surface area contributed by atoms with Crippen molar-refractivity contribution in [2.24, 2.45) is 7.05 Å². The fourth-order valence-electron chi connectivity index (χ4n) is 1.37. The zero-order valence-electron chi connectivity index (χ0n) is 10.5. The molecule has 0 aliphatic heterocycles. The monoisotopic (exact) mass is 228 g/mol. The highest BCUT2D eigenvalue weighted by Gasteiger charge is 2.21. The molecule has 5 heteroatoms. The lowest BCUT2D eigenvalue weighted by molar-refractivity contribution is -0.0520. The van der Waals surface area contributed by atoms with Crippen molar-refractivity contribution in [2.45, 2.75) is 32.5 Å². The second-order valence-electron chi connectivity index (χ2n) is 4.66. The molecule has 0 aromatic carbocycles. The number of ether oxygens (including phenoxy) is 2. The largest absolute Gasteiger partial charge is 0.493 e. The Labute approximate surface area is 96.0 Å². The van der Waals surface area contributed by atoms with Crippen molar-refractivity contribution in [1.82, 2.24) is 9.78 Å². The van der Waals surface area contributed by atoms with E-state index in [1.165, 1.54) is 0 Å². The van der Waals surface area contributed by atoms with E-state index in [1.54, 1.807) is 25.0 Å². The zero-order chi connectivity index (χ0) is 12.3. The third-order valence-electron chi connectivity index (χ3n) is 2.16. The van der Waals surface area contributed by atoms with Crippen LogP contribution in [0.3, 0.4) is 0 Å². The molecular weight excluding hydrogens is 208 g/mol. The van der Waals surface area contributed by atoms with E-state index in [2.05, 4.69) is 5.10 Å². The van der Waals surface area contributed by atoms with E-state index >= 15 is 0 Å². The molecule has 0 aliphatic carbocycles. The summed E-state index contributed by atoms with van der Waals surface area (Å²) in [6, 6.07) is 0. The molecule has 0 amide bonds. The number of nitrogens with zero attached hydrogens (tertiary/aromatic N) is 2. The van der Waals surface area contributed by atoms with Crippen molar-refractivity contribution in [3.05, 3.63) is 11.9 Å². The van der Waals surface area contributed by atoms with Gasteiger partial charge in [-0.2, -0.15) is 5.10 Å². The van der Waals surface area contributed by atoms with Crippen LogP contribution in [0.5, 0.6) is 5.75 Å². The third kappa shape index (κ3) is 3.21. The number of methoxy groups -OCH3 is 1. The smallest absolute Gasteiger partial charge is 0.162 e. The average Bonchev–Trinajstić information content (AvgIpc) is 2.55. The summed E-state index contributed by atoms with van der Waals surface area (Å²) in [6.45, 7) is 6.06. The summed E-state index contributed by atoms with van der Waals surface area (Å²) in [6.07, 6.45) is 0.844. The molecule has 1 N–H and O–H groups in total. The lowest BCUT2D eigenvalue weighted by Gasteiger charge is -2.22. The number of aromatic nitrogens is 2. The first-order valence-corrected chi connectivity index (χ1v) is 5.23. The fraction of sp³-hybridized carbons (Fsp3) is 0.727. The zero-order valence-corrected chi connectivity index (χ0v) is 10.5. The fourth-order valence-corrected chi connectivity index (χ4v) is 1.37. The van der Waals surface area contributed by atoms with Gasteiger partial charge >= 0.3 is 0 Å². The van der Waals surface area contributed by atoms with Crippen LogP contribution in [0.15, 0.2) is 6.20 Å². The third-order valence-corrected chi connectivity index (χ3v) is 2.16. The molecular formula is C11H20N2O3. The second-order valence-corrected chi connectivity index (χ2v) is 4.66. The van der Waals surface area contributed by atoms with Crippen molar-refractivity contribution in [3.8, 4) is 5.75 Å². The van der Waals surface area contributed by atoms with Gasteiger partial charge in [0.15, 0.2) is 5.75 Å². The van der Waals surface area contributed by atoms with Crippen LogP contribution in [0.25, 0.3) is 0 Å². The summed E-state index contributed by atoms with van der Waals surface area (Å²) < 4.78 is 12.2. The molecule has 1 atom stereocenters. The first-order valence-electron chi connectivity index (χ1n) is 5.23. The van der Waals surface area contributed by atoms with E-state index in [4.69, 9.17) is 9.47 Å². The first-order chi connectivity index (χ1) is 7.35. The average molecular weight is 228 g/mol. The molecule has 1 aromatic rings. The Morgan fingerprint density at radius 1 is 1.50 bits per heavy atom. The van der Waals surface area contributed by atoms with Gasteiger partial charge in [0.05, 0.1) is 25.5 Å². The van der Waals surface area contributed by atoms with Gasteiger partial charge in [0.25, 0.3) is 0 Å². The van der Waals surface area contributed by atoms with Gasteiger partial charge < -0.3 is 14.6 Å². The molecule has 0 spiro atoms. The predicted molar refractivity (Wildman–Crippen MR) is 60.4 cm³/mol. The van der Waals surface area contributed by atoms with Crippen molar-refractivity contribution in [3.63, 3.8) is 0 Å². The van der Waals surface area contributed by atoms with Crippen LogP contribution in [0.4, 0.5) is 0 Å². The first kappa shape index (κ1) is 13.0. The molecule has 0 fully saturated rings. The standard InChI is InChI=1S/C11H20N2O3/c1-11(2,3)16-7-8(14)10-9(15-5)6-12-13(10)4/h6,8,14H,7H2,1-5H3. The van der Waals surface area contributed by atoms with Gasteiger partial charge in [0, 0.05) is 7.05 Å². The quantitative estimate of drug-likeness (QED) is 0.843. The Hall–Kier alpha value is -1.07. The van der Waals surface area contributed by atoms with E-state index in [1.807, 2.05) is 20.8 Å². The summed E-state index contributed by atoms with van der Waals surface area (Å²) in [4.78, 5) is 0. The van der Waals surface area contributed by atoms with Crippen molar-refractivity contribution < 1.29 is 14.6 Å². The van der Waals surface area contributed by atoms with Crippen molar-refractivity contribution in [1.29, 1.82) is 0 Å². The Morgan fingerprint density at radius 3 is 2.62 bits per heavy atom. The lowest BCUT2D eigenvalue weighted by atomic mass is 10.2. The molecule has 1 unspecified atom stereocenters. The molecule has 0 saturated carbocycles. The summed E-state index contributed by atoms with van der Waals surface area (Å²) in [5.41, 5.74) is 0.360. The van der Waals surface area contributed by atoms with Gasteiger partial charge in [-0.05, 0) is 20.8 Å². The molecule has 1 heterocycles. The molecule has 16 heavy (non-hydrogen) atoms. The van der Waals surface area contributed by atoms with Crippen LogP contribution in [0.2, 0.25) is 0 Å². The van der Waals surface area contributed by atoms with Gasteiger partial charge in [0.2, 0.25) is 0 Å². The normalized spacial score (nSPS) is 13.9. The minimum atomic E-state index is -0.735. The van der Waals surface area contributed by atoms with Gasteiger partial charge in [-0.1, -0.05) is 0 Å². The Bertz CT molecular complexity index is 341. The summed E-state index contributed by atoms with van der Waals surface area (Å²) >= 11 is 0. The molecule has 0 aliphatic rings. The molecule has 1 aromatic heterocycles. The van der Waals surface area contributed by atoms with Gasteiger partial charge in [-0.15, -0.1) is 0 Å². The lowest BCUT2D eigenvalue weighted by Crippen LogP contribution is -2.23. The van der Waals surface area contributed by atoms with E-state index in [0.717, 1.165) is 0 Å². The molecule has 0 radical (unpaired) electrons. The van der Waals surface area contributed by atoms with E-state index < -0.39 is 6.10 Å². The molecule has 92 valence electrons. The van der Waals surface area contributed by atoms with Crippen LogP contribution in [-0.4, -0.2) is 34.2 Å². The van der Waals surface area contributed by atoms with Crippen LogP contribution in [0, 0.1) is 0 Å². The maximum absolute atomic E-state index is 10.00. The summed E-state index contributed by atoms with van der Waals surface area (Å²) in [7, 11) is 3.32. The SMILES string of the molecule is COc1cnn(C)c1C(O)COC(C)(C)C. The minimum Gasteiger partial charge on any atom is -0.493 e. The molecule has 0 saturated heterocycles. The van der Waals surface area contributed by atoms with Crippen LogP contribution >= 0.6 is 0 Å². The Balaban J connectivity index is 2.72. The van der Waals surface area contributed by atoms with Gasteiger partial charge in [-0.25, -0.2) is 0 Å². The summed E-state index contributed by atoms with van der Waals surface area (Å²) in [5.74, 6) is 0.576. The van der Waals surface area contributed by atoms with E-state index in [9.17, 15) is 5.11 Å². The molecule has 1 rings (SSSR count). The van der Waals surface area contributed by atoms with Gasteiger partial charge in [0.1, 0.15) is 11.8 Å². The maximum Gasteiger partial charge on any atom is 0.162 e.